The summed E-state index contributed by atoms with van der Waals surface area (Å²) in [7, 11) is 0. The van der Waals surface area contributed by atoms with Gasteiger partial charge in [-0.2, -0.15) is 10.1 Å². The maximum atomic E-state index is 13.8. The van der Waals surface area contributed by atoms with E-state index in [9.17, 15) is 24.0 Å². The molecule has 2 fully saturated rings. The molecule has 75 heavy (non-hydrogen) atoms. The molecule has 0 spiro atoms. The summed E-state index contributed by atoms with van der Waals surface area (Å²) in [5.41, 5.74) is -2.85. The van der Waals surface area contributed by atoms with Crippen molar-refractivity contribution < 1.29 is 28.7 Å². The molecule has 3 rings (SSSR count). The van der Waals surface area contributed by atoms with Crippen LogP contribution in [-0.4, -0.2) is 96.7 Å². The van der Waals surface area contributed by atoms with Crippen LogP contribution in [0.3, 0.4) is 0 Å². The van der Waals surface area contributed by atoms with Crippen LogP contribution in [-0.2, 0) is 38.8 Å². The Bertz CT molecular complexity index is 1810. The summed E-state index contributed by atoms with van der Waals surface area (Å²) < 4.78 is 15.6. The summed E-state index contributed by atoms with van der Waals surface area (Å²) in [6.45, 7) is 28.5. The first-order valence-electron chi connectivity index (χ1n) is 30.0. The Morgan fingerprint density at radius 3 is 1.09 bits per heavy atom. The summed E-state index contributed by atoms with van der Waals surface area (Å²) in [5, 5.41) is 10.1. The lowest BCUT2D eigenvalue weighted by atomic mass is 9.80. The Labute approximate surface area is 453 Å². The van der Waals surface area contributed by atoms with Crippen LogP contribution < -0.4 is 27.7 Å². The van der Waals surface area contributed by atoms with Crippen molar-refractivity contribution in [3.63, 3.8) is 0 Å². The standard InChI is InChI=1S/C59H109N7O9/c1-12-15-18-21-26-33-40-62-53(69)63(41-34-27-24-31-38-60-51(67)74-49-45-56(4,5)65(57(6,7)46-49)72-43-36-29-22-19-16-13-2)55(71)64(54(62)70)42-35-28-25-32-39-61-52(68)75-50-47-58(8,9)66(59(10,11)48-50)73-44-37-30-23-20-17-14-3/h12,49-50H,1,13-48H2,2-11H3,(H,60,67)(H,61,68). The summed E-state index contributed by atoms with van der Waals surface area (Å²) in [5.74, 6) is 0. The van der Waals surface area contributed by atoms with Crippen molar-refractivity contribution in [1.82, 2.24) is 34.5 Å². The van der Waals surface area contributed by atoms with Crippen LogP contribution in [0.15, 0.2) is 27.0 Å². The third-order valence-corrected chi connectivity index (χ3v) is 15.2. The highest BCUT2D eigenvalue weighted by Crippen LogP contribution is 2.41. The average molecular weight is 1060 g/mol. The SMILES string of the molecule is C=CCCCCCCn1c(=O)n(CCCCCCNC(=O)OC2CC(C)(C)N(OCCCCCCCC)C(C)(C)C2)c(=O)n(CCCCCCNC(=O)OC2CC(C)(C)N(OCCCCCCCC)C(C)(C)C2)c1=O. The molecule has 0 unspecified atom stereocenters. The number of hydroxylamine groups is 4. The minimum absolute atomic E-state index is 0.211. The third-order valence-electron chi connectivity index (χ3n) is 15.2. The van der Waals surface area contributed by atoms with Gasteiger partial charge in [-0.1, -0.05) is 123 Å². The van der Waals surface area contributed by atoms with Crippen molar-refractivity contribution in [1.29, 1.82) is 0 Å². The molecule has 2 N–H and O–H groups in total. The molecule has 2 aliphatic heterocycles. The molecule has 0 aliphatic carbocycles. The van der Waals surface area contributed by atoms with Gasteiger partial charge in [-0.3, -0.25) is 9.68 Å². The van der Waals surface area contributed by atoms with Gasteiger partial charge in [0.25, 0.3) is 0 Å². The summed E-state index contributed by atoms with van der Waals surface area (Å²) in [6, 6.07) is 0. The van der Waals surface area contributed by atoms with E-state index in [0.29, 0.717) is 71.2 Å². The minimum atomic E-state index is -0.566. The van der Waals surface area contributed by atoms with E-state index in [-0.39, 0.29) is 54.0 Å². The van der Waals surface area contributed by atoms with E-state index in [0.717, 1.165) is 77.0 Å². The molecular weight excluding hydrogens is 951 g/mol. The smallest absolute Gasteiger partial charge is 0.407 e. The van der Waals surface area contributed by atoms with Crippen molar-refractivity contribution in [3.8, 4) is 0 Å². The summed E-state index contributed by atoms with van der Waals surface area (Å²) in [4.78, 5) is 79.7. The number of carbonyl (C=O) groups is 2. The fourth-order valence-corrected chi connectivity index (χ4v) is 11.7. The molecule has 2 aliphatic rings. The van der Waals surface area contributed by atoms with Crippen LogP contribution in [0.2, 0.25) is 0 Å². The lowest BCUT2D eigenvalue weighted by Crippen LogP contribution is -2.62. The number of carbonyl (C=O) groups excluding carboxylic acids is 2. The molecule has 434 valence electrons. The van der Waals surface area contributed by atoms with Gasteiger partial charge in [0.1, 0.15) is 12.2 Å². The van der Waals surface area contributed by atoms with Crippen LogP contribution >= 0.6 is 0 Å². The first-order valence-corrected chi connectivity index (χ1v) is 30.0. The second-order valence-corrected chi connectivity index (χ2v) is 24.4. The number of rotatable bonds is 39. The van der Waals surface area contributed by atoms with Gasteiger partial charge in [-0.15, -0.1) is 6.58 Å². The lowest BCUT2D eigenvalue weighted by molar-refractivity contribution is -0.292. The van der Waals surface area contributed by atoms with Crippen molar-refractivity contribution in [3.05, 3.63) is 44.1 Å². The molecule has 0 saturated carbocycles. The monoisotopic (exact) mass is 1060 g/mol. The van der Waals surface area contributed by atoms with Gasteiger partial charge < -0.3 is 20.1 Å². The van der Waals surface area contributed by atoms with Gasteiger partial charge in [0, 0.05) is 80.6 Å². The Hall–Kier alpha value is -3.47. The van der Waals surface area contributed by atoms with E-state index in [1.165, 1.54) is 77.9 Å². The number of hydrogen-bond donors (Lipinski definition) is 2. The first-order chi connectivity index (χ1) is 35.7. The quantitative estimate of drug-likeness (QED) is 0.0476. The number of unbranched alkanes of at least 4 members (excludes halogenated alkanes) is 20. The minimum Gasteiger partial charge on any atom is -0.446 e. The van der Waals surface area contributed by atoms with Crippen LogP contribution in [0.25, 0.3) is 0 Å². The molecule has 2 saturated heterocycles. The number of nitrogens with one attached hydrogen (secondary N) is 2. The largest absolute Gasteiger partial charge is 0.446 e. The topological polar surface area (TPSA) is 168 Å². The molecule has 0 aromatic carbocycles. The summed E-state index contributed by atoms with van der Waals surface area (Å²) in [6.07, 6.45) is 28.0. The maximum absolute atomic E-state index is 13.8. The van der Waals surface area contributed by atoms with Gasteiger partial charge >= 0.3 is 29.3 Å². The molecule has 1 aromatic heterocycles. The highest BCUT2D eigenvalue weighted by Gasteiger charge is 2.49. The fourth-order valence-electron chi connectivity index (χ4n) is 11.7. The normalized spacial score (nSPS) is 17.7. The van der Waals surface area contributed by atoms with E-state index < -0.39 is 29.3 Å². The van der Waals surface area contributed by atoms with E-state index in [1.54, 1.807) is 0 Å². The van der Waals surface area contributed by atoms with Gasteiger partial charge in [0.2, 0.25) is 0 Å². The van der Waals surface area contributed by atoms with Gasteiger partial charge in [0.05, 0.1) is 13.2 Å². The molecule has 16 nitrogen and oxygen atoms in total. The fraction of sp³-hybridized carbons (Fsp3) is 0.881. The number of ether oxygens (including phenoxy) is 2. The molecular formula is C59H109N7O9. The van der Waals surface area contributed by atoms with Crippen LogP contribution in [0, 0.1) is 0 Å². The molecule has 0 bridgehead atoms. The van der Waals surface area contributed by atoms with Crippen LogP contribution in [0.1, 0.15) is 255 Å². The van der Waals surface area contributed by atoms with E-state index in [2.05, 4.69) is 96.6 Å². The molecule has 1 aromatic rings. The Morgan fingerprint density at radius 1 is 0.467 bits per heavy atom. The predicted molar refractivity (Wildman–Crippen MR) is 303 cm³/mol. The van der Waals surface area contributed by atoms with E-state index >= 15 is 0 Å². The zero-order chi connectivity index (χ0) is 55.3. The van der Waals surface area contributed by atoms with Crippen LogP contribution in [0.5, 0.6) is 0 Å². The third kappa shape index (κ3) is 23.6. The van der Waals surface area contributed by atoms with E-state index in [1.807, 2.05) is 6.08 Å². The number of nitrogens with zero attached hydrogens (tertiary/aromatic N) is 5. The van der Waals surface area contributed by atoms with Crippen molar-refractivity contribution in [2.24, 2.45) is 0 Å². The number of hydrogen-bond acceptors (Lipinski definition) is 11. The number of alkyl carbamates (subject to hydrolysis) is 2. The second-order valence-electron chi connectivity index (χ2n) is 24.4. The summed E-state index contributed by atoms with van der Waals surface area (Å²) >= 11 is 0. The van der Waals surface area contributed by atoms with Gasteiger partial charge in [-0.25, -0.2) is 37.7 Å². The maximum Gasteiger partial charge on any atom is 0.407 e. The molecule has 16 heteroatoms. The van der Waals surface area contributed by atoms with Crippen molar-refractivity contribution in [2.75, 3.05) is 26.3 Å². The zero-order valence-corrected chi connectivity index (χ0v) is 49.3. The lowest BCUT2D eigenvalue weighted by Gasteiger charge is -2.53. The second kappa shape index (κ2) is 34.4. The first kappa shape index (κ1) is 65.8. The average Bonchev–Trinajstić information content (AvgIpc) is 3.32. The van der Waals surface area contributed by atoms with Gasteiger partial charge in [0.15, 0.2) is 0 Å². The molecule has 3 heterocycles. The van der Waals surface area contributed by atoms with E-state index in [4.69, 9.17) is 19.1 Å². The highest BCUT2D eigenvalue weighted by molar-refractivity contribution is 5.67. The number of allylic oxidation sites excluding steroid dienone is 1. The molecule has 0 atom stereocenters. The number of aromatic nitrogens is 3. The van der Waals surface area contributed by atoms with Crippen molar-refractivity contribution >= 4 is 12.2 Å². The Morgan fingerprint density at radius 2 is 0.760 bits per heavy atom. The molecule has 0 radical (unpaired) electrons. The number of amides is 2. The van der Waals surface area contributed by atoms with Crippen LogP contribution in [0.4, 0.5) is 9.59 Å². The zero-order valence-electron chi connectivity index (χ0n) is 49.3. The Kier molecular flexibility index (Phi) is 30.2. The van der Waals surface area contributed by atoms with Gasteiger partial charge in [-0.05, 0) is 113 Å². The Balaban J connectivity index is 1.43. The molecule has 2 amide bonds. The number of piperidine rings is 2. The van der Waals surface area contributed by atoms with Crippen molar-refractivity contribution in [2.45, 2.75) is 309 Å². The predicted octanol–water partition coefficient (Wildman–Crippen LogP) is 12.5. The highest BCUT2D eigenvalue weighted by atomic mass is 16.7.